The molecule has 1 saturated heterocycles. The molecular formula is C17H18N4O2S. The minimum atomic E-state index is -0.0500. The highest BCUT2D eigenvalue weighted by Crippen LogP contribution is 2.26. The first-order chi connectivity index (χ1) is 11.7. The number of anilines is 1. The lowest BCUT2D eigenvalue weighted by molar-refractivity contribution is 0.0682. The molecule has 4 rings (SSSR count). The number of aryl methyl sites for hydroxylation is 1. The molecule has 1 N–H and O–H groups in total. The predicted molar refractivity (Wildman–Crippen MR) is 93.4 cm³/mol. The summed E-state index contributed by atoms with van der Waals surface area (Å²) >= 11 is 1.61. The van der Waals surface area contributed by atoms with E-state index in [0.29, 0.717) is 12.3 Å². The van der Waals surface area contributed by atoms with Crippen molar-refractivity contribution < 1.29 is 9.21 Å². The number of hydrogen-bond donors (Lipinski definition) is 1. The van der Waals surface area contributed by atoms with Crippen LogP contribution in [0.2, 0.25) is 0 Å². The van der Waals surface area contributed by atoms with Crippen LogP contribution in [0.3, 0.4) is 0 Å². The maximum Gasteiger partial charge on any atom is 0.289 e. The fourth-order valence-corrected chi connectivity index (χ4v) is 3.91. The van der Waals surface area contributed by atoms with Crippen molar-refractivity contribution in [3.8, 4) is 0 Å². The van der Waals surface area contributed by atoms with Gasteiger partial charge >= 0.3 is 0 Å². The SMILES string of the molecule is Cc1nc(NC2CCCN(C(=O)c3ccco3)C2)c2ccsc2n1. The minimum Gasteiger partial charge on any atom is -0.459 e. The minimum absolute atomic E-state index is 0.0500. The molecule has 1 fully saturated rings. The maximum atomic E-state index is 12.5. The number of piperidine rings is 1. The zero-order valence-corrected chi connectivity index (χ0v) is 14.2. The van der Waals surface area contributed by atoms with Crippen molar-refractivity contribution in [1.29, 1.82) is 0 Å². The number of nitrogens with one attached hydrogen (secondary N) is 1. The molecule has 4 heterocycles. The first-order valence-electron chi connectivity index (χ1n) is 8.02. The molecule has 0 bridgehead atoms. The Kier molecular flexibility index (Phi) is 3.93. The molecule has 1 aliphatic heterocycles. The molecule has 0 saturated carbocycles. The molecule has 0 aliphatic carbocycles. The van der Waals surface area contributed by atoms with Gasteiger partial charge in [0.1, 0.15) is 16.5 Å². The van der Waals surface area contributed by atoms with Crippen molar-refractivity contribution >= 4 is 33.3 Å². The van der Waals surface area contributed by atoms with Crippen LogP contribution < -0.4 is 5.32 Å². The fraction of sp³-hybridized carbons (Fsp3) is 0.353. The van der Waals surface area contributed by atoms with Gasteiger partial charge in [-0.1, -0.05) is 0 Å². The molecule has 6 nitrogen and oxygen atoms in total. The van der Waals surface area contributed by atoms with Crippen LogP contribution in [0.4, 0.5) is 5.82 Å². The lowest BCUT2D eigenvalue weighted by Gasteiger charge is -2.33. The number of aromatic nitrogens is 2. The Hall–Kier alpha value is -2.41. The monoisotopic (exact) mass is 342 g/mol. The number of carbonyl (C=O) groups excluding carboxylic acids is 1. The lowest BCUT2D eigenvalue weighted by atomic mass is 10.1. The maximum absolute atomic E-state index is 12.5. The first-order valence-corrected chi connectivity index (χ1v) is 8.90. The van der Waals surface area contributed by atoms with E-state index in [4.69, 9.17) is 4.42 Å². The van der Waals surface area contributed by atoms with Gasteiger partial charge in [-0.3, -0.25) is 4.79 Å². The van der Waals surface area contributed by atoms with Gasteiger partial charge in [0, 0.05) is 19.1 Å². The first kappa shape index (κ1) is 15.1. The van der Waals surface area contributed by atoms with E-state index in [9.17, 15) is 4.79 Å². The van der Waals surface area contributed by atoms with Gasteiger partial charge in [0.2, 0.25) is 0 Å². The van der Waals surface area contributed by atoms with E-state index < -0.39 is 0 Å². The van der Waals surface area contributed by atoms with Gasteiger partial charge in [0.25, 0.3) is 5.91 Å². The van der Waals surface area contributed by atoms with Crippen LogP contribution in [-0.4, -0.2) is 39.9 Å². The Morgan fingerprint density at radius 1 is 1.42 bits per heavy atom. The van der Waals surface area contributed by atoms with E-state index in [1.165, 1.54) is 6.26 Å². The highest BCUT2D eigenvalue weighted by molar-refractivity contribution is 7.16. The summed E-state index contributed by atoms with van der Waals surface area (Å²) in [7, 11) is 0. The lowest BCUT2D eigenvalue weighted by Crippen LogP contribution is -2.45. The molecule has 7 heteroatoms. The van der Waals surface area contributed by atoms with Crippen molar-refractivity contribution in [2.24, 2.45) is 0 Å². The van der Waals surface area contributed by atoms with Crippen LogP contribution in [-0.2, 0) is 0 Å². The molecule has 1 atom stereocenters. The summed E-state index contributed by atoms with van der Waals surface area (Å²) in [5.41, 5.74) is 0. The third-order valence-corrected chi connectivity index (χ3v) is 5.02. The van der Waals surface area contributed by atoms with Gasteiger partial charge < -0.3 is 14.6 Å². The van der Waals surface area contributed by atoms with E-state index in [1.54, 1.807) is 23.5 Å². The number of amides is 1. The Morgan fingerprint density at radius 2 is 2.33 bits per heavy atom. The number of hydrogen-bond acceptors (Lipinski definition) is 6. The van der Waals surface area contributed by atoms with Crippen molar-refractivity contribution in [2.75, 3.05) is 18.4 Å². The number of rotatable bonds is 3. The molecule has 24 heavy (non-hydrogen) atoms. The predicted octanol–water partition coefficient (Wildman–Crippen LogP) is 3.31. The number of likely N-dealkylation sites (tertiary alicyclic amines) is 1. The van der Waals surface area contributed by atoms with Gasteiger partial charge in [-0.15, -0.1) is 11.3 Å². The number of thiophene rings is 1. The van der Waals surface area contributed by atoms with Gasteiger partial charge in [-0.05, 0) is 43.3 Å². The normalized spacial score (nSPS) is 18.0. The van der Waals surface area contributed by atoms with Gasteiger partial charge in [-0.25, -0.2) is 9.97 Å². The van der Waals surface area contributed by atoms with Crippen LogP contribution >= 0.6 is 11.3 Å². The van der Waals surface area contributed by atoms with Crippen LogP contribution in [0.15, 0.2) is 34.3 Å². The zero-order chi connectivity index (χ0) is 16.5. The smallest absolute Gasteiger partial charge is 0.289 e. The Labute approximate surface area is 143 Å². The average Bonchev–Trinajstić information content (AvgIpc) is 3.25. The molecule has 0 radical (unpaired) electrons. The van der Waals surface area contributed by atoms with Crippen LogP contribution in [0.25, 0.3) is 10.2 Å². The molecule has 1 amide bonds. The Bertz CT molecular complexity index is 859. The van der Waals surface area contributed by atoms with E-state index in [-0.39, 0.29) is 11.9 Å². The van der Waals surface area contributed by atoms with Gasteiger partial charge in [0.05, 0.1) is 11.6 Å². The quantitative estimate of drug-likeness (QED) is 0.791. The summed E-state index contributed by atoms with van der Waals surface area (Å²) in [6.45, 7) is 3.31. The number of carbonyl (C=O) groups is 1. The van der Waals surface area contributed by atoms with E-state index >= 15 is 0 Å². The average molecular weight is 342 g/mol. The third kappa shape index (κ3) is 2.87. The Morgan fingerprint density at radius 3 is 3.17 bits per heavy atom. The molecule has 3 aromatic heterocycles. The van der Waals surface area contributed by atoms with Crippen molar-refractivity contribution in [2.45, 2.75) is 25.8 Å². The molecule has 3 aromatic rings. The second-order valence-electron chi connectivity index (χ2n) is 5.97. The Balaban J connectivity index is 1.52. The third-order valence-electron chi connectivity index (χ3n) is 4.22. The molecule has 1 aliphatic rings. The van der Waals surface area contributed by atoms with Crippen molar-refractivity contribution in [1.82, 2.24) is 14.9 Å². The topological polar surface area (TPSA) is 71.3 Å². The van der Waals surface area contributed by atoms with Crippen LogP contribution in [0.1, 0.15) is 29.2 Å². The number of fused-ring (bicyclic) bond motifs is 1. The summed E-state index contributed by atoms with van der Waals surface area (Å²) < 4.78 is 5.23. The second-order valence-corrected chi connectivity index (χ2v) is 6.87. The standard InChI is InChI=1S/C17H18N4O2S/c1-11-18-15(13-6-9-24-16(13)19-11)20-12-4-2-7-21(10-12)17(22)14-5-3-8-23-14/h3,5-6,8-9,12H,2,4,7,10H2,1H3,(H,18,19,20). The van der Waals surface area contributed by atoms with Crippen LogP contribution in [0, 0.1) is 6.92 Å². The molecule has 0 aromatic carbocycles. The summed E-state index contributed by atoms with van der Waals surface area (Å²) in [5, 5.41) is 6.58. The van der Waals surface area contributed by atoms with E-state index in [2.05, 4.69) is 15.3 Å². The summed E-state index contributed by atoms with van der Waals surface area (Å²) in [6, 6.07) is 5.66. The van der Waals surface area contributed by atoms with Crippen molar-refractivity contribution in [3.63, 3.8) is 0 Å². The highest BCUT2D eigenvalue weighted by atomic mass is 32.1. The molecule has 124 valence electrons. The summed E-state index contributed by atoms with van der Waals surface area (Å²) in [4.78, 5) is 24.3. The zero-order valence-electron chi connectivity index (χ0n) is 13.4. The summed E-state index contributed by atoms with van der Waals surface area (Å²) in [5.74, 6) is 1.96. The van der Waals surface area contributed by atoms with E-state index in [1.807, 2.05) is 23.3 Å². The van der Waals surface area contributed by atoms with Gasteiger partial charge in [-0.2, -0.15) is 0 Å². The summed E-state index contributed by atoms with van der Waals surface area (Å²) in [6.07, 6.45) is 3.50. The second kappa shape index (κ2) is 6.24. The van der Waals surface area contributed by atoms with Crippen LogP contribution in [0.5, 0.6) is 0 Å². The largest absolute Gasteiger partial charge is 0.459 e. The number of furan rings is 1. The fourth-order valence-electron chi connectivity index (χ4n) is 3.10. The van der Waals surface area contributed by atoms with E-state index in [0.717, 1.165) is 41.2 Å². The molecular weight excluding hydrogens is 324 g/mol. The van der Waals surface area contributed by atoms with Gasteiger partial charge in [0.15, 0.2) is 5.76 Å². The molecule has 0 spiro atoms. The van der Waals surface area contributed by atoms with Crippen molar-refractivity contribution in [3.05, 3.63) is 41.4 Å². The molecule has 1 unspecified atom stereocenters. The highest BCUT2D eigenvalue weighted by Gasteiger charge is 2.26. The number of nitrogens with zero attached hydrogens (tertiary/aromatic N) is 3.